The molecule has 3 N–H and O–H groups in total. The molecule has 5 nitrogen and oxygen atoms in total. The van der Waals surface area contributed by atoms with Crippen LogP contribution in [0, 0.1) is 6.92 Å². The lowest BCUT2D eigenvalue weighted by molar-refractivity contribution is 0.0944. The first-order chi connectivity index (χ1) is 9.63. The summed E-state index contributed by atoms with van der Waals surface area (Å²) in [6, 6.07) is 2.20. The summed E-state index contributed by atoms with van der Waals surface area (Å²) in [7, 11) is 0. The van der Waals surface area contributed by atoms with E-state index >= 15 is 0 Å². The number of rotatable bonds is 5. The fourth-order valence-electron chi connectivity index (χ4n) is 2.23. The number of hydrogen-bond donors (Lipinski definition) is 2. The molecule has 1 aliphatic rings. The number of nitrogens with zero attached hydrogens (tertiary/aromatic N) is 2. The Bertz CT molecular complexity index is 627. The molecule has 1 aliphatic carbocycles. The third-order valence-electron chi connectivity index (χ3n) is 3.33. The fraction of sp³-hybridized carbons (Fsp3) is 0.429. The van der Waals surface area contributed by atoms with Crippen LogP contribution in [0.15, 0.2) is 17.6 Å². The van der Waals surface area contributed by atoms with E-state index in [2.05, 4.69) is 10.3 Å². The summed E-state index contributed by atoms with van der Waals surface area (Å²) in [4.78, 5) is 16.6. The lowest BCUT2D eigenvalue weighted by atomic mass is 10.3. The summed E-state index contributed by atoms with van der Waals surface area (Å²) in [6.07, 6.45) is 4.89. The number of nitrogen functional groups attached to an aromatic ring is 1. The van der Waals surface area contributed by atoms with E-state index in [0.717, 1.165) is 30.0 Å². The quantitative estimate of drug-likeness (QED) is 0.886. The molecule has 2 aromatic rings. The van der Waals surface area contributed by atoms with Gasteiger partial charge in [-0.3, -0.25) is 4.79 Å². The third kappa shape index (κ3) is 2.85. The molecule has 0 atom stereocenters. The molecule has 0 radical (unpaired) electrons. The van der Waals surface area contributed by atoms with Gasteiger partial charge in [-0.15, -0.1) is 11.3 Å². The van der Waals surface area contributed by atoms with Crippen molar-refractivity contribution in [3.63, 3.8) is 0 Å². The van der Waals surface area contributed by atoms with Gasteiger partial charge in [0.2, 0.25) is 0 Å². The smallest absolute Gasteiger partial charge is 0.268 e. The standard InChI is InChI=1S/C14H18N4OS/c1-9-8-20-13(17-9)4-5-16-14(19)12-6-10(15)7-18(12)11-2-3-11/h6-8,11H,2-5,15H2,1H3,(H,16,19). The molecule has 3 rings (SSSR count). The molecule has 0 aliphatic heterocycles. The molecular weight excluding hydrogens is 272 g/mol. The highest BCUT2D eigenvalue weighted by Gasteiger charge is 2.27. The Labute approximate surface area is 121 Å². The molecule has 2 aromatic heterocycles. The van der Waals surface area contributed by atoms with Crippen LogP contribution < -0.4 is 11.1 Å². The van der Waals surface area contributed by atoms with Crippen molar-refractivity contribution in [1.29, 1.82) is 0 Å². The fourth-order valence-corrected chi connectivity index (χ4v) is 3.00. The van der Waals surface area contributed by atoms with Crippen molar-refractivity contribution in [2.45, 2.75) is 32.2 Å². The first-order valence-electron chi connectivity index (χ1n) is 6.80. The SMILES string of the molecule is Cc1csc(CCNC(=O)c2cc(N)cn2C2CC2)n1. The minimum absolute atomic E-state index is 0.0538. The van der Waals surface area contributed by atoms with Crippen LogP contribution in [0.3, 0.4) is 0 Å². The molecule has 1 saturated carbocycles. The second-order valence-electron chi connectivity index (χ2n) is 5.19. The van der Waals surface area contributed by atoms with E-state index < -0.39 is 0 Å². The predicted molar refractivity (Wildman–Crippen MR) is 80.0 cm³/mol. The van der Waals surface area contributed by atoms with E-state index in [1.165, 1.54) is 0 Å². The summed E-state index contributed by atoms with van der Waals surface area (Å²) in [5.74, 6) is -0.0538. The van der Waals surface area contributed by atoms with Crippen molar-refractivity contribution >= 4 is 22.9 Å². The van der Waals surface area contributed by atoms with Crippen molar-refractivity contribution in [1.82, 2.24) is 14.9 Å². The van der Waals surface area contributed by atoms with Crippen molar-refractivity contribution < 1.29 is 4.79 Å². The Balaban J connectivity index is 1.59. The minimum atomic E-state index is -0.0538. The molecule has 0 aromatic carbocycles. The summed E-state index contributed by atoms with van der Waals surface area (Å²) in [5, 5.41) is 6.02. The second kappa shape index (κ2) is 5.28. The van der Waals surface area contributed by atoms with E-state index in [1.54, 1.807) is 17.4 Å². The lowest BCUT2D eigenvalue weighted by Gasteiger charge is -2.07. The molecule has 106 valence electrons. The number of anilines is 1. The van der Waals surface area contributed by atoms with Gasteiger partial charge in [-0.2, -0.15) is 0 Å². The highest BCUT2D eigenvalue weighted by Crippen LogP contribution is 2.37. The van der Waals surface area contributed by atoms with Crippen LogP contribution in [0.25, 0.3) is 0 Å². The molecule has 0 spiro atoms. The lowest BCUT2D eigenvalue weighted by Crippen LogP contribution is -2.27. The molecule has 6 heteroatoms. The van der Waals surface area contributed by atoms with Crippen LogP contribution in [0.1, 0.15) is 40.1 Å². The Hall–Kier alpha value is -1.82. The number of hydrogen-bond acceptors (Lipinski definition) is 4. The van der Waals surface area contributed by atoms with Gasteiger partial charge in [-0.05, 0) is 25.8 Å². The van der Waals surface area contributed by atoms with E-state index in [9.17, 15) is 4.79 Å². The van der Waals surface area contributed by atoms with Gasteiger partial charge >= 0.3 is 0 Å². The Morgan fingerprint density at radius 3 is 3.05 bits per heavy atom. The molecule has 0 saturated heterocycles. The number of carbonyl (C=O) groups excluding carboxylic acids is 1. The van der Waals surface area contributed by atoms with Gasteiger partial charge in [-0.25, -0.2) is 4.98 Å². The zero-order chi connectivity index (χ0) is 14.1. The monoisotopic (exact) mass is 290 g/mol. The van der Waals surface area contributed by atoms with Gasteiger partial charge in [-0.1, -0.05) is 0 Å². The normalized spacial score (nSPS) is 14.4. The molecule has 1 fully saturated rings. The molecule has 0 bridgehead atoms. The number of carbonyl (C=O) groups is 1. The number of nitrogens with one attached hydrogen (secondary N) is 1. The van der Waals surface area contributed by atoms with Crippen LogP contribution in [0.2, 0.25) is 0 Å². The zero-order valence-electron chi connectivity index (χ0n) is 11.4. The van der Waals surface area contributed by atoms with Gasteiger partial charge < -0.3 is 15.6 Å². The second-order valence-corrected chi connectivity index (χ2v) is 6.13. The van der Waals surface area contributed by atoms with Crippen LogP contribution >= 0.6 is 11.3 Å². The summed E-state index contributed by atoms with van der Waals surface area (Å²) in [5.41, 5.74) is 8.15. The largest absolute Gasteiger partial charge is 0.397 e. The van der Waals surface area contributed by atoms with E-state index in [0.29, 0.717) is 24.0 Å². The topological polar surface area (TPSA) is 72.9 Å². The van der Waals surface area contributed by atoms with Crippen LogP contribution in [-0.4, -0.2) is 22.0 Å². The average Bonchev–Trinajstić information content (AvgIpc) is 3.06. The first kappa shape index (κ1) is 13.2. The van der Waals surface area contributed by atoms with Crippen LogP contribution in [0.5, 0.6) is 0 Å². The molecular formula is C14H18N4OS. The Kier molecular flexibility index (Phi) is 3.48. The van der Waals surface area contributed by atoms with Gasteiger partial charge in [0.15, 0.2) is 0 Å². The van der Waals surface area contributed by atoms with Gasteiger partial charge in [0.1, 0.15) is 5.69 Å². The number of thiazole rings is 1. The Morgan fingerprint density at radius 1 is 1.60 bits per heavy atom. The minimum Gasteiger partial charge on any atom is -0.397 e. The van der Waals surface area contributed by atoms with Crippen molar-refractivity contribution in [3.8, 4) is 0 Å². The summed E-state index contributed by atoms with van der Waals surface area (Å²) < 4.78 is 2.00. The molecule has 0 unspecified atom stereocenters. The third-order valence-corrected chi connectivity index (χ3v) is 4.36. The number of nitrogens with two attached hydrogens (primary N) is 1. The van der Waals surface area contributed by atoms with Gasteiger partial charge in [0.25, 0.3) is 5.91 Å². The van der Waals surface area contributed by atoms with E-state index in [4.69, 9.17) is 5.73 Å². The predicted octanol–water partition coefficient (Wildman–Crippen LogP) is 2.14. The highest BCUT2D eigenvalue weighted by molar-refractivity contribution is 7.09. The average molecular weight is 290 g/mol. The number of aromatic nitrogens is 2. The van der Waals surface area contributed by atoms with E-state index in [1.807, 2.05) is 23.1 Å². The van der Waals surface area contributed by atoms with Gasteiger partial charge in [0, 0.05) is 36.3 Å². The summed E-state index contributed by atoms with van der Waals surface area (Å²) in [6.45, 7) is 2.57. The maximum atomic E-state index is 12.2. The van der Waals surface area contributed by atoms with E-state index in [-0.39, 0.29) is 5.91 Å². The maximum absolute atomic E-state index is 12.2. The van der Waals surface area contributed by atoms with Gasteiger partial charge in [0.05, 0.1) is 10.7 Å². The molecule has 20 heavy (non-hydrogen) atoms. The van der Waals surface area contributed by atoms with Crippen LogP contribution in [0.4, 0.5) is 5.69 Å². The zero-order valence-corrected chi connectivity index (χ0v) is 12.2. The number of aryl methyl sites for hydroxylation is 1. The highest BCUT2D eigenvalue weighted by atomic mass is 32.1. The first-order valence-corrected chi connectivity index (χ1v) is 7.68. The Morgan fingerprint density at radius 2 is 2.40 bits per heavy atom. The molecule has 1 amide bonds. The van der Waals surface area contributed by atoms with Crippen molar-refractivity contribution in [2.24, 2.45) is 0 Å². The molecule has 2 heterocycles. The summed E-state index contributed by atoms with van der Waals surface area (Å²) >= 11 is 1.63. The maximum Gasteiger partial charge on any atom is 0.268 e. The van der Waals surface area contributed by atoms with Crippen molar-refractivity contribution in [2.75, 3.05) is 12.3 Å². The van der Waals surface area contributed by atoms with Crippen molar-refractivity contribution in [3.05, 3.63) is 34.0 Å². The number of amides is 1. The van der Waals surface area contributed by atoms with Crippen LogP contribution in [-0.2, 0) is 6.42 Å².